The number of hydrogen-bond donors (Lipinski definition) is 1. The third-order valence-electron chi connectivity index (χ3n) is 2.94. The normalized spacial score (nSPS) is 26.4. The Hall–Kier alpha value is -0.760. The topological polar surface area (TPSA) is 24.9 Å². The first-order valence-electron chi connectivity index (χ1n) is 5.14. The Morgan fingerprint density at radius 2 is 2.36 bits per heavy atom. The van der Waals surface area contributed by atoms with Crippen LogP contribution < -0.4 is 5.32 Å². The van der Waals surface area contributed by atoms with Crippen molar-refractivity contribution in [3.05, 3.63) is 23.5 Å². The van der Waals surface area contributed by atoms with Gasteiger partial charge in [-0.1, -0.05) is 24.9 Å². The van der Waals surface area contributed by atoms with E-state index in [1.165, 1.54) is 19.3 Å². The maximum absolute atomic E-state index is 5.82. The van der Waals surface area contributed by atoms with Gasteiger partial charge in [-0.3, -0.25) is 0 Å². The van der Waals surface area contributed by atoms with Crippen molar-refractivity contribution >= 4 is 17.3 Å². The highest BCUT2D eigenvalue weighted by molar-refractivity contribution is 6.29. The highest BCUT2D eigenvalue weighted by Crippen LogP contribution is 2.28. The smallest absolute Gasteiger partial charge is 0.131 e. The summed E-state index contributed by atoms with van der Waals surface area (Å²) >= 11 is 5.82. The summed E-state index contributed by atoms with van der Waals surface area (Å²) in [5.41, 5.74) is 1.09. The lowest BCUT2D eigenvalue weighted by atomic mass is 10.1. The second-order valence-corrected chi connectivity index (χ2v) is 4.41. The van der Waals surface area contributed by atoms with E-state index < -0.39 is 0 Å². The molecule has 1 aliphatic carbocycles. The van der Waals surface area contributed by atoms with Crippen LogP contribution in [0.1, 0.15) is 26.2 Å². The molecular weight excluding hydrogens is 196 g/mol. The van der Waals surface area contributed by atoms with E-state index in [0.29, 0.717) is 11.2 Å². The van der Waals surface area contributed by atoms with Crippen LogP contribution in [0.15, 0.2) is 18.3 Å². The van der Waals surface area contributed by atoms with Gasteiger partial charge in [0.15, 0.2) is 0 Å². The summed E-state index contributed by atoms with van der Waals surface area (Å²) in [6, 6.07) is 4.46. The second-order valence-electron chi connectivity index (χ2n) is 4.03. The molecule has 14 heavy (non-hydrogen) atoms. The van der Waals surface area contributed by atoms with Crippen molar-refractivity contribution in [2.24, 2.45) is 5.92 Å². The molecule has 0 aliphatic heterocycles. The van der Waals surface area contributed by atoms with E-state index in [1.807, 2.05) is 12.1 Å². The Bertz CT molecular complexity index is 314. The van der Waals surface area contributed by atoms with Gasteiger partial charge in [0.2, 0.25) is 0 Å². The molecule has 1 N–H and O–H groups in total. The van der Waals surface area contributed by atoms with Crippen molar-refractivity contribution in [2.75, 3.05) is 5.32 Å². The van der Waals surface area contributed by atoms with Crippen LogP contribution in [0.25, 0.3) is 0 Å². The monoisotopic (exact) mass is 210 g/mol. The zero-order valence-corrected chi connectivity index (χ0v) is 9.09. The average molecular weight is 211 g/mol. The fourth-order valence-corrected chi connectivity index (χ4v) is 2.24. The first-order valence-corrected chi connectivity index (χ1v) is 5.51. The van der Waals surface area contributed by atoms with E-state index in [-0.39, 0.29) is 0 Å². The fourth-order valence-electron chi connectivity index (χ4n) is 2.07. The summed E-state index contributed by atoms with van der Waals surface area (Å²) in [7, 11) is 0. The molecule has 2 rings (SSSR count). The largest absolute Gasteiger partial charge is 0.382 e. The van der Waals surface area contributed by atoms with Crippen molar-refractivity contribution in [1.82, 2.24) is 4.98 Å². The molecule has 1 saturated carbocycles. The summed E-state index contributed by atoms with van der Waals surface area (Å²) in [6.07, 6.45) is 5.67. The van der Waals surface area contributed by atoms with E-state index >= 15 is 0 Å². The molecule has 2 atom stereocenters. The SMILES string of the molecule is CC1CCCC1Nc1ccnc(Cl)c1. The molecule has 3 heteroatoms. The molecule has 0 radical (unpaired) electrons. The predicted molar refractivity (Wildman–Crippen MR) is 59.7 cm³/mol. The van der Waals surface area contributed by atoms with Crippen molar-refractivity contribution in [3.8, 4) is 0 Å². The Morgan fingerprint density at radius 1 is 1.50 bits per heavy atom. The minimum atomic E-state index is 0.556. The summed E-state index contributed by atoms with van der Waals surface area (Å²) in [4.78, 5) is 3.96. The number of pyridine rings is 1. The minimum Gasteiger partial charge on any atom is -0.382 e. The van der Waals surface area contributed by atoms with Crippen LogP contribution in [0.5, 0.6) is 0 Å². The molecule has 1 aromatic rings. The van der Waals surface area contributed by atoms with E-state index in [2.05, 4.69) is 17.2 Å². The fraction of sp³-hybridized carbons (Fsp3) is 0.545. The van der Waals surface area contributed by atoms with Gasteiger partial charge >= 0.3 is 0 Å². The summed E-state index contributed by atoms with van der Waals surface area (Å²) in [5, 5.41) is 4.06. The predicted octanol–water partition coefficient (Wildman–Crippen LogP) is 3.34. The van der Waals surface area contributed by atoms with E-state index in [4.69, 9.17) is 11.6 Å². The molecule has 0 aromatic carbocycles. The standard InChI is InChI=1S/C11H15ClN2/c1-8-3-2-4-10(8)14-9-5-6-13-11(12)7-9/h5-8,10H,2-4H2,1H3,(H,13,14). The Kier molecular flexibility index (Phi) is 2.92. The minimum absolute atomic E-state index is 0.556. The highest BCUT2D eigenvalue weighted by Gasteiger charge is 2.22. The van der Waals surface area contributed by atoms with Gasteiger partial charge in [0.1, 0.15) is 5.15 Å². The summed E-state index contributed by atoms with van der Waals surface area (Å²) in [6.45, 7) is 2.30. The molecular formula is C11H15ClN2. The van der Waals surface area contributed by atoms with Crippen LogP contribution in [-0.4, -0.2) is 11.0 Å². The molecule has 0 bridgehead atoms. The number of nitrogens with zero attached hydrogens (tertiary/aromatic N) is 1. The zero-order valence-electron chi connectivity index (χ0n) is 8.33. The molecule has 1 aromatic heterocycles. The maximum atomic E-state index is 5.82. The third-order valence-corrected chi connectivity index (χ3v) is 3.15. The number of rotatable bonds is 2. The van der Waals surface area contributed by atoms with Crippen molar-refractivity contribution in [2.45, 2.75) is 32.2 Å². The molecule has 1 aliphatic rings. The van der Waals surface area contributed by atoms with Crippen LogP contribution in [0.4, 0.5) is 5.69 Å². The van der Waals surface area contributed by atoms with Gasteiger partial charge in [0, 0.05) is 17.9 Å². The van der Waals surface area contributed by atoms with Gasteiger partial charge in [-0.05, 0) is 30.9 Å². The molecule has 1 fully saturated rings. The summed E-state index contributed by atoms with van der Waals surface area (Å²) < 4.78 is 0. The lowest BCUT2D eigenvalue weighted by Gasteiger charge is -2.18. The van der Waals surface area contributed by atoms with Gasteiger partial charge in [-0.2, -0.15) is 0 Å². The Morgan fingerprint density at radius 3 is 3.00 bits per heavy atom. The highest BCUT2D eigenvalue weighted by atomic mass is 35.5. The van der Waals surface area contributed by atoms with Crippen LogP contribution >= 0.6 is 11.6 Å². The molecule has 1 heterocycles. The second kappa shape index (κ2) is 4.18. The average Bonchev–Trinajstić information content (AvgIpc) is 2.52. The number of nitrogens with one attached hydrogen (secondary N) is 1. The van der Waals surface area contributed by atoms with Crippen molar-refractivity contribution in [3.63, 3.8) is 0 Å². The molecule has 0 amide bonds. The van der Waals surface area contributed by atoms with Crippen LogP contribution in [-0.2, 0) is 0 Å². The zero-order chi connectivity index (χ0) is 9.97. The Labute approximate surface area is 89.7 Å². The molecule has 2 unspecified atom stereocenters. The summed E-state index contributed by atoms with van der Waals surface area (Å²) in [5.74, 6) is 0.766. The van der Waals surface area contributed by atoms with Crippen molar-refractivity contribution in [1.29, 1.82) is 0 Å². The Balaban J connectivity index is 2.03. The van der Waals surface area contributed by atoms with Crippen molar-refractivity contribution < 1.29 is 0 Å². The number of anilines is 1. The molecule has 0 saturated heterocycles. The van der Waals surface area contributed by atoms with Gasteiger partial charge in [0.05, 0.1) is 0 Å². The van der Waals surface area contributed by atoms with Gasteiger partial charge in [0.25, 0.3) is 0 Å². The maximum Gasteiger partial charge on any atom is 0.131 e. The quantitative estimate of drug-likeness (QED) is 0.758. The first-order chi connectivity index (χ1) is 6.75. The molecule has 0 spiro atoms. The molecule has 2 nitrogen and oxygen atoms in total. The lowest BCUT2D eigenvalue weighted by Crippen LogP contribution is -2.21. The molecule has 76 valence electrons. The van der Waals surface area contributed by atoms with Gasteiger partial charge < -0.3 is 5.32 Å². The lowest BCUT2D eigenvalue weighted by molar-refractivity contribution is 0.556. The van der Waals surface area contributed by atoms with E-state index in [1.54, 1.807) is 6.20 Å². The van der Waals surface area contributed by atoms with E-state index in [9.17, 15) is 0 Å². The number of halogens is 1. The van der Waals surface area contributed by atoms with E-state index in [0.717, 1.165) is 11.6 Å². The van der Waals surface area contributed by atoms with Crippen LogP contribution in [0.2, 0.25) is 5.15 Å². The third kappa shape index (κ3) is 2.18. The first kappa shape index (κ1) is 9.78. The van der Waals surface area contributed by atoms with Gasteiger partial charge in [-0.15, -0.1) is 0 Å². The number of hydrogen-bond acceptors (Lipinski definition) is 2. The van der Waals surface area contributed by atoms with Gasteiger partial charge in [-0.25, -0.2) is 4.98 Å². The van der Waals surface area contributed by atoms with Crippen LogP contribution in [0.3, 0.4) is 0 Å². The van der Waals surface area contributed by atoms with Crippen LogP contribution in [0, 0.1) is 5.92 Å². The number of aromatic nitrogens is 1.